The minimum Gasteiger partial charge on any atom is -0.427 e. The molecule has 0 atom stereocenters. The van der Waals surface area contributed by atoms with E-state index in [-0.39, 0.29) is 0 Å². The third-order valence-electron chi connectivity index (χ3n) is 2.73. The molecule has 0 amide bonds. The highest BCUT2D eigenvalue weighted by Crippen LogP contribution is 2.26. The standard InChI is InChI=1S/C12H9Cl2N3O/c1-7-10(6-13)17-12(18-7)15-11(16-17)8-4-2-3-5-9(8)14/h2-5H,6H2,1H3. The highest BCUT2D eigenvalue weighted by atomic mass is 35.5. The maximum atomic E-state index is 6.11. The predicted molar refractivity (Wildman–Crippen MR) is 70.0 cm³/mol. The molecule has 3 aromatic rings. The Morgan fingerprint density at radius 3 is 2.83 bits per heavy atom. The van der Waals surface area contributed by atoms with Crippen LogP contribution in [0.4, 0.5) is 0 Å². The first-order valence-corrected chi connectivity index (χ1v) is 6.28. The van der Waals surface area contributed by atoms with Gasteiger partial charge in [0.05, 0.1) is 10.9 Å². The van der Waals surface area contributed by atoms with Crippen molar-refractivity contribution in [2.24, 2.45) is 0 Å². The minimum absolute atomic E-state index is 0.324. The SMILES string of the molecule is Cc1oc2nc(-c3ccccc3Cl)nn2c1CCl. The third kappa shape index (κ3) is 1.69. The van der Waals surface area contributed by atoms with Gasteiger partial charge in [-0.3, -0.25) is 0 Å². The predicted octanol–water partition coefficient (Wildman–Crippen LogP) is 3.69. The van der Waals surface area contributed by atoms with Crippen molar-refractivity contribution < 1.29 is 4.42 Å². The van der Waals surface area contributed by atoms with Gasteiger partial charge >= 0.3 is 5.84 Å². The van der Waals surface area contributed by atoms with Crippen molar-refractivity contribution in [2.45, 2.75) is 12.8 Å². The van der Waals surface area contributed by atoms with Crippen LogP contribution in [0.25, 0.3) is 17.2 Å². The van der Waals surface area contributed by atoms with E-state index in [4.69, 9.17) is 27.6 Å². The largest absolute Gasteiger partial charge is 0.427 e. The number of rotatable bonds is 2. The maximum Gasteiger partial charge on any atom is 0.325 e. The van der Waals surface area contributed by atoms with Crippen LogP contribution in [0.1, 0.15) is 11.5 Å². The highest BCUT2D eigenvalue weighted by Gasteiger charge is 2.16. The van der Waals surface area contributed by atoms with Gasteiger partial charge in [-0.15, -0.1) is 16.7 Å². The van der Waals surface area contributed by atoms with Crippen LogP contribution < -0.4 is 0 Å². The summed E-state index contributed by atoms with van der Waals surface area (Å²) in [6.07, 6.45) is 0. The van der Waals surface area contributed by atoms with E-state index < -0.39 is 0 Å². The van der Waals surface area contributed by atoms with E-state index in [1.807, 2.05) is 25.1 Å². The van der Waals surface area contributed by atoms with Crippen molar-refractivity contribution in [3.05, 3.63) is 40.7 Å². The lowest BCUT2D eigenvalue weighted by atomic mass is 10.2. The van der Waals surface area contributed by atoms with E-state index in [1.54, 1.807) is 10.6 Å². The Labute approximate surface area is 113 Å². The Morgan fingerprint density at radius 1 is 1.33 bits per heavy atom. The minimum atomic E-state index is 0.324. The number of aryl methyl sites for hydroxylation is 1. The molecule has 0 fully saturated rings. The van der Waals surface area contributed by atoms with Crippen LogP contribution in [0.2, 0.25) is 5.02 Å². The maximum absolute atomic E-state index is 6.11. The van der Waals surface area contributed by atoms with Crippen molar-refractivity contribution in [3.63, 3.8) is 0 Å². The lowest BCUT2D eigenvalue weighted by Gasteiger charge is -1.97. The number of benzene rings is 1. The number of alkyl halides is 1. The number of halogens is 2. The van der Waals surface area contributed by atoms with E-state index >= 15 is 0 Å². The van der Waals surface area contributed by atoms with Gasteiger partial charge in [0.1, 0.15) is 11.5 Å². The first kappa shape index (κ1) is 11.6. The van der Waals surface area contributed by atoms with Crippen LogP contribution in [0.3, 0.4) is 0 Å². The Balaban J connectivity index is 2.20. The molecule has 0 aliphatic rings. The van der Waals surface area contributed by atoms with Crippen molar-refractivity contribution in [2.75, 3.05) is 0 Å². The summed E-state index contributed by atoms with van der Waals surface area (Å²) in [7, 11) is 0. The fourth-order valence-corrected chi connectivity index (χ4v) is 2.31. The number of oxazole rings is 1. The smallest absolute Gasteiger partial charge is 0.325 e. The molecule has 0 saturated carbocycles. The summed E-state index contributed by atoms with van der Waals surface area (Å²) < 4.78 is 7.11. The Morgan fingerprint density at radius 2 is 2.11 bits per heavy atom. The van der Waals surface area contributed by atoms with Gasteiger partial charge < -0.3 is 4.42 Å². The number of nitrogens with zero attached hydrogens (tertiary/aromatic N) is 3. The van der Waals surface area contributed by atoms with E-state index in [1.165, 1.54) is 0 Å². The Kier molecular flexibility index (Phi) is 2.76. The Bertz CT molecular complexity index is 717. The molecule has 92 valence electrons. The second-order valence-corrected chi connectivity index (χ2v) is 4.52. The van der Waals surface area contributed by atoms with E-state index in [2.05, 4.69) is 10.1 Å². The highest BCUT2D eigenvalue weighted by molar-refractivity contribution is 6.33. The van der Waals surface area contributed by atoms with E-state index in [9.17, 15) is 0 Å². The number of aromatic nitrogens is 3. The molecule has 0 saturated heterocycles. The van der Waals surface area contributed by atoms with Gasteiger partial charge in [-0.2, -0.15) is 9.50 Å². The van der Waals surface area contributed by atoms with Crippen molar-refractivity contribution in [1.29, 1.82) is 0 Å². The number of hydrogen-bond donors (Lipinski definition) is 0. The summed E-state index contributed by atoms with van der Waals surface area (Å²) in [6.45, 7) is 1.84. The molecule has 0 aliphatic heterocycles. The molecule has 1 aromatic carbocycles. The van der Waals surface area contributed by atoms with Crippen LogP contribution >= 0.6 is 23.2 Å². The first-order chi connectivity index (χ1) is 8.70. The van der Waals surface area contributed by atoms with Crippen LogP contribution in [0.5, 0.6) is 0 Å². The summed E-state index contributed by atoms with van der Waals surface area (Å²) in [5, 5.41) is 4.98. The molecule has 0 unspecified atom stereocenters. The molecule has 4 nitrogen and oxygen atoms in total. The second-order valence-electron chi connectivity index (χ2n) is 3.85. The van der Waals surface area contributed by atoms with Gasteiger partial charge in [-0.05, 0) is 19.1 Å². The number of hydrogen-bond acceptors (Lipinski definition) is 3. The Hall–Kier alpha value is -1.52. The topological polar surface area (TPSA) is 43.3 Å². The van der Waals surface area contributed by atoms with Gasteiger partial charge in [-0.1, -0.05) is 23.7 Å². The normalized spacial score (nSPS) is 11.3. The molecular weight excluding hydrogens is 273 g/mol. The van der Waals surface area contributed by atoms with Crippen LogP contribution in [-0.2, 0) is 5.88 Å². The summed E-state index contributed by atoms with van der Waals surface area (Å²) in [5.41, 5.74) is 1.58. The number of fused-ring (bicyclic) bond motifs is 1. The van der Waals surface area contributed by atoms with Gasteiger partial charge in [0.15, 0.2) is 5.82 Å². The molecule has 3 rings (SSSR count). The van der Waals surface area contributed by atoms with Crippen LogP contribution in [0, 0.1) is 6.92 Å². The summed E-state index contributed by atoms with van der Waals surface area (Å²) in [4.78, 5) is 4.32. The van der Waals surface area contributed by atoms with Gasteiger partial charge in [0, 0.05) is 5.56 Å². The summed E-state index contributed by atoms with van der Waals surface area (Å²) in [5.74, 6) is 2.01. The second kappa shape index (κ2) is 4.30. The van der Waals surface area contributed by atoms with Crippen molar-refractivity contribution >= 4 is 29.0 Å². The zero-order valence-electron chi connectivity index (χ0n) is 9.52. The molecule has 0 spiro atoms. The van der Waals surface area contributed by atoms with Crippen LogP contribution in [0.15, 0.2) is 28.7 Å². The van der Waals surface area contributed by atoms with Crippen molar-refractivity contribution in [1.82, 2.24) is 14.6 Å². The summed E-state index contributed by atoms with van der Waals surface area (Å²) >= 11 is 12.0. The summed E-state index contributed by atoms with van der Waals surface area (Å²) in [6, 6.07) is 7.41. The molecular formula is C12H9Cl2N3O. The zero-order chi connectivity index (χ0) is 12.7. The zero-order valence-corrected chi connectivity index (χ0v) is 11.0. The van der Waals surface area contributed by atoms with E-state index in [0.717, 1.165) is 17.0 Å². The van der Waals surface area contributed by atoms with Crippen molar-refractivity contribution in [3.8, 4) is 11.4 Å². The lowest BCUT2D eigenvalue weighted by Crippen LogP contribution is -1.92. The molecule has 2 heterocycles. The lowest BCUT2D eigenvalue weighted by molar-refractivity contribution is 0.560. The first-order valence-electron chi connectivity index (χ1n) is 5.36. The third-order valence-corrected chi connectivity index (χ3v) is 3.31. The molecule has 0 N–H and O–H groups in total. The molecule has 0 aliphatic carbocycles. The molecule has 18 heavy (non-hydrogen) atoms. The average Bonchev–Trinajstić information content (AvgIpc) is 2.86. The monoisotopic (exact) mass is 281 g/mol. The fraction of sp³-hybridized carbons (Fsp3) is 0.167. The molecule has 6 heteroatoms. The molecule has 2 aromatic heterocycles. The average molecular weight is 282 g/mol. The van der Waals surface area contributed by atoms with Crippen LogP contribution in [-0.4, -0.2) is 14.6 Å². The molecule has 0 bridgehead atoms. The van der Waals surface area contributed by atoms with Gasteiger partial charge in [0.25, 0.3) is 0 Å². The van der Waals surface area contributed by atoms with E-state index in [0.29, 0.717) is 22.6 Å². The fourth-order valence-electron chi connectivity index (χ4n) is 1.79. The van der Waals surface area contributed by atoms with Gasteiger partial charge in [0.2, 0.25) is 0 Å². The molecule has 0 radical (unpaired) electrons. The quantitative estimate of drug-likeness (QED) is 0.673. The van der Waals surface area contributed by atoms with Gasteiger partial charge in [-0.25, -0.2) is 0 Å².